The topological polar surface area (TPSA) is 75.6 Å². The molecule has 2 aromatic heterocycles. The Morgan fingerprint density at radius 3 is 2.61 bits per heavy atom. The van der Waals surface area contributed by atoms with Gasteiger partial charge in [-0.05, 0) is 30.3 Å². The molecule has 7 heteroatoms. The number of H-pyrrole nitrogens is 1. The van der Waals surface area contributed by atoms with Crippen LogP contribution in [-0.2, 0) is 6.42 Å². The van der Waals surface area contributed by atoms with Crippen molar-refractivity contribution in [1.82, 2.24) is 25.1 Å². The zero-order valence-corrected chi connectivity index (χ0v) is 15.7. The van der Waals surface area contributed by atoms with Crippen molar-refractivity contribution in [3.8, 4) is 16.9 Å². The van der Waals surface area contributed by atoms with Gasteiger partial charge in [-0.3, -0.25) is 4.79 Å². The van der Waals surface area contributed by atoms with E-state index in [1.165, 1.54) is 0 Å². The first-order valence-corrected chi connectivity index (χ1v) is 9.25. The van der Waals surface area contributed by atoms with Gasteiger partial charge in [-0.2, -0.15) is 5.10 Å². The average molecular weight is 392 g/mol. The molecule has 0 aliphatic rings. The molecule has 0 fully saturated rings. The van der Waals surface area contributed by atoms with Crippen molar-refractivity contribution < 1.29 is 4.79 Å². The number of nitrogens with zero attached hydrogens (tertiary/aromatic N) is 3. The molecule has 4 rings (SSSR count). The molecule has 28 heavy (non-hydrogen) atoms. The summed E-state index contributed by atoms with van der Waals surface area (Å²) < 4.78 is 1.66. The number of nitrogens with one attached hydrogen (secondary N) is 2. The number of imidazole rings is 1. The highest BCUT2D eigenvalue weighted by Gasteiger charge is 2.17. The lowest BCUT2D eigenvalue weighted by Crippen LogP contribution is -2.27. The fourth-order valence-corrected chi connectivity index (χ4v) is 3.02. The summed E-state index contributed by atoms with van der Waals surface area (Å²) in [5.41, 5.74) is 3.87. The van der Waals surface area contributed by atoms with Crippen molar-refractivity contribution in [3.63, 3.8) is 0 Å². The molecule has 0 saturated heterocycles. The summed E-state index contributed by atoms with van der Waals surface area (Å²) >= 11 is 5.98. The second kappa shape index (κ2) is 8.10. The number of hydrogen-bond acceptors (Lipinski definition) is 3. The van der Waals surface area contributed by atoms with Crippen molar-refractivity contribution in [2.45, 2.75) is 6.42 Å². The first kappa shape index (κ1) is 18.0. The molecule has 0 radical (unpaired) electrons. The maximum Gasteiger partial charge on any atom is 0.270 e. The first-order chi connectivity index (χ1) is 13.7. The van der Waals surface area contributed by atoms with Gasteiger partial charge < -0.3 is 10.3 Å². The predicted molar refractivity (Wildman–Crippen MR) is 109 cm³/mol. The molecule has 6 nitrogen and oxygen atoms in total. The Kier molecular flexibility index (Phi) is 5.21. The number of rotatable bonds is 6. The van der Waals surface area contributed by atoms with Gasteiger partial charge in [-0.1, -0.05) is 41.9 Å². The van der Waals surface area contributed by atoms with Gasteiger partial charge in [-0.15, -0.1) is 0 Å². The van der Waals surface area contributed by atoms with E-state index >= 15 is 0 Å². The number of carbonyl (C=O) groups excluding carboxylic acids is 1. The number of aromatic nitrogens is 4. The van der Waals surface area contributed by atoms with Crippen LogP contribution in [0.15, 0.2) is 73.2 Å². The molecule has 2 aromatic carbocycles. The van der Waals surface area contributed by atoms with Gasteiger partial charge in [0.1, 0.15) is 5.69 Å². The second-order valence-corrected chi connectivity index (χ2v) is 6.69. The van der Waals surface area contributed by atoms with Gasteiger partial charge in [0.05, 0.1) is 17.7 Å². The van der Waals surface area contributed by atoms with E-state index < -0.39 is 0 Å². The lowest BCUT2D eigenvalue weighted by Gasteiger charge is -2.08. The van der Waals surface area contributed by atoms with Crippen molar-refractivity contribution in [3.05, 3.63) is 89.6 Å². The Labute approximate surface area is 167 Å². The Morgan fingerprint density at radius 2 is 1.89 bits per heavy atom. The average Bonchev–Trinajstić information content (AvgIpc) is 3.39. The Hall–Kier alpha value is -3.38. The molecule has 0 aliphatic heterocycles. The monoisotopic (exact) mass is 391 g/mol. The van der Waals surface area contributed by atoms with Crippen LogP contribution in [0.1, 0.15) is 16.2 Å². The van der Waals surface area contributed by atoms with Crippen LogP contribution in [0.25, 0.3) is 16.9 Å². The minimum atomic E-state index is -0.184. The number of aromatic amines is 1. The Balaban J connectivity index is 1.62. The van der Waals surface area contributed by atoms with Crippen LogP contribution in [0.5, 0.6) is 0 Å². The number of amides is 1. The lowest BCUT2D eigenvalue weighted by molar-refractivity contribution is 0.0946. The highest BCUT2D eigenvalue weighted by molar-refractivity contribution is 6.30. The molecular weight excluding hydrogens is 374 g/mol. The van der Waals surface area contributed by atoms with Gasteiger partial charge in [0, 0.05) is 35.4 Å². The highest BCUT2D eigenvalue weighted by Crippen LogP contribution is 2.23. The smallest absolute Gasteiger partial charge is 0.270 e. The molecule has 0 spiro atoms. The minimum Gasteiger partial charge on any atom is -0.350 e. The molecular formula is C21H18ClN5O. The molecule has 0 saturated carbocycles. The molecule has 140 valence electrons. The molecule has 1 amide bonds. The summed E-state index contributed by atoms with van der Waals surface area (Å²) in [6, 6.07) is 18.8. The van der Waals surface area contributed by atoms with Crippen LogP contribution in [0, 0.1) is 0 Å². The van der Waals surface area contributed by atoms with E-state index in [9.17, 15) is 4.79 Å². The predicted octanol–water partition coefficient (Wildman–Crippen LogP) is 3.89. The Morgan fingerprint density at radius 1 is 1.11 bits per heavy atom. The summed E-state index contributed by atoms with van der Waals surface area (Å²) in [7, 11) is 0. The highest BCUT2D eigenvalue weighted by atomic mass is 35.5. The van der Waals surface area contributed by atoms with Crippen LogP contribution >= 0.6 is 11.6 Å². The third kappa shape index (κ3) is 3.97. The number of hydrogen-bond donors (Lipinski definition) is 2. The lowest BCUT2D eigenvalue weighted by atomic mass is 10.1. The fraction of sp³-hybridized carbons (Fsp3) is 0.0952. The van der Waals surface area contributed by atoms with E-state index in [1.54, 1.807) is 23.3 Å². The van der Waals surface area contributed by atoms with Crippen LogP contribution in [-0.4, -0.2) is 32.2 Å². The SMILES string of the molecule is O=C(NCCc1cnc[nH]1)c1cc(-c2ccc(Cl)cc2)nn1-c1ccccc1. The maximum absolute atomic E-state index is 12.8. The molecule has 0 aliphatic carbocycles. The van der Waals surface area contributed by atoms with Gasteiger partial charge in [-0.25, -0.2) is 9.67 Å². The number of para-hydroxylation sites is 1. The molecule has 2 heterocycles. The van der Waals surface area contributed by atoms with Crippen molar-refractivity contribution in [2.75, 3.05) is 6.54 Å². The zero-order valence-electron chi connectivity index (χ0n) is 15.0. The van der Waals surface area contributed by atoms with Gasteiger partial charge in [0.25, 0.3) is 5.91 Å². The van der Waals surface area contributed by atoms with E-state index in [0.29, 0.717) is 29.4 Å². The van der Waals surface area contributed by atoms with Gasteiger partial charge in [0.2, 0.25) is 0 Å². The van der Waals surface area contributed by atoms with Crippen molar-refractivity contribution in [2.24, 2.45) is 0 Å². The fourth-order valence-electron chi connectivity index (χ4n) is 2.89. The van der Waals surface area contributed by atoms with E-state index in [0.717, 1.165) is 16.9 Å². The van der Waals surface area contributed by atoms with Crippen LogP contribution in [0.2, 0.25) is 5.02 Å². The summed E-state index contributed by atoms with van der Waals surface area (Å²) in [6.07, 6.45) is 4.05. The minimum absolute atomic E-state index is 0.184. The van der Waals surface area contributed by atoms with E-state index in [2.05, 4.69) is 20.4 Å². The van der Waals surface area contributed by atoms with Gasteiger partial charge >= 0.3 is 0 Å². The summed E-state index contributed by atoms with van der Waals surface area (Å²) in [5.74, 6) is -0.184. The second-order valence-electron chi connectivity index (χ2n) is 6.25. The molecule has 0 unspecified atom stereocenters. The van der Waals surface area contributed by atoms with Crippen molar-refractivity contribution >= 4 is 17.5 Å². The summed E-state index contributed by atoms with van der Waals surface area (Å²) in [4.78, 5) is 19.9. The number of benzene rings is 2. The third-order valence-electron chi connectivity index (χ3n) is 4.32. The number of halogens is 1. The van der Waals surface area contributed by atoms with Gasteiger partial charge in [0.15, 0.2) is 0 Å². The largest absolute Gasteiger partial charge is 0.350 e. The van der Waals surface area contributed by atoms with Crippen molar-refractivity contribution in [1.29, 1.82) is 0 Å². The molecule has 2 N–H and O–H groups in total. The van der Waals surface area contributed by atoms with Crippen LogP contribution in [0.3, 0.4) is 0 Å². The Bertz CT molecular complexity index is 1060. The maximum atomic E-state index is 12.8. The van der Waals surface area contributed by atoms with Crippen LogP contribution < -0.4 is 5.32 Å². The first-order valence-electron chi connectivity index (χ1n) is 8.87. The quantitative estimate of drug-likeness (QED) is 0.523. The normalized spacial score (nSPS) is 10.8. The summed E-state index contributed by atoms with van der Waals surface area (Å²) in [5, 5.41) is 8.26. The summed E-state index contributed by atoms with van der Waals surface area (Å²) in [6.45, 7) is 0.497. The van der Waals surface area contributed by atoms with E-state index in [1.807, 2.05) is 54.6 Å². The molecule has 0 bridgehead atoms. The van der Waals surface area contributed by atoms with E-state index in [4.69, 9.17) is 11.6 Å². The van der Waals surface area contributed by atoms with Crippen LogP contribution in [0.4, 0.5) is 0 Å². The zero-order chi connectivity index (χ0) is 19.3. The van der Waals surface area contributed by atoms with E-state index in [-0.39, 0.29) is 5.91 Å². The molecule has 0 atom stereocenters. The number of carbonyl (C=O) groups is 1. The molecule has 4 aromatic rings. The third-order valence-corrected chi connectivity index (χ3v) is 4.57. The standard InChI is InChI=1S/C21H18ClN5O/c22-16-8-6-15(7-9-16)19-12-20(27(26-19)18-4-2-1-3-5-18)21(28)24-11-10-17-13-23-14-25-17/h1-9,12-14H,10-11H2,(H,23,25)(H,24,28).